The van der Waals surface area contributed by atoms with Crippen molar-refractivity contribution in [2.75, 3.05) is 13.2 Å². The van der Waals surface area contributed by atoms with Crippen molar-refractivity contribution in [3.8, 4) is 0 Å². The highest BCUT2D eigenvalue weighted by Crippen LogP contribution is 1.72. The molecule has 0 saturated carbocycles. The Bertz CT molecular complexity index is 112. The van der Waals surface area contributed by atoms with Gasteiger partial charge in [0.05, 0.1) is 13.2 Å². The molecule has 0 amide bonds. The smallest absolute Gasteiger partial charge is 0.291 e. The second kappa shape index (κ2) is 11.4. The van der Waals surface area contributed by atoms with E-state index in [1.807, 2.05) is 0 Å². The van der Waals surface area contributed by atoms with Crippen LogP contribution in [0, 0.1) is 10.1 Å². The van der Waals surface area contributed by atoms with Crippen molar-refractivity contribution in [3.63, 3.8) is 0 Å². The summed E-state index contributed by atoms with van der Waals surface area (Å²) in [5.41, 5.74) is 0. The lowest BCUT2D eigenvalue weighted by atomic mass is 10.6. The maximum Gasteiger partial charge on any atom is 0.291 e. The fourth-order valence-corrected chi connectivity index (χ4v) is 0.235. The largest absolute Gasteiger partial charge is 0.373 e. The number of hydrogen-bond donors (Lipinski definition) is 1. The molecule has 0 aliphatic carbocycles. The van der Waals surface area contributed by atoms with Crippen LogP contribution in [0.3, 0.4) is 0 Å². The third-order valence-electron chi connectivity index (χ3n) is 0.471. The first-order valence-corrected chi connectivity index (χ1v) is 2.78. The first kappa shape index (κ1) is 12.3. The van der Waals surface area contributed by atoms with Crippen LogP contribution in [0.5, 0.6) is 0 Å². The van der Waals surface area contributed by atoms with E-state index in [0.29, 0.717) is 13.2 Å². The quantitative estimate of drug-likeness (QED) is 0.289. The molecule has 0 rings (SSSR count). The molecule has 0 aliphatic rings. The molecule has 0 bridgehead atoms. The molecule has 1 N–H and O–H groups in total. The van der Waals surface area contributed by atoms with Gasteiger partial charge >= 0.3 is 0 Å². The van der Waals surface area contributed by atoms with E-state index < -0.39 is 5.09 Å². The number of rotatable bonds is 4. The predicted octanol–water partition coefficient (Wildman–Crippen LogP) is 1.03. The van der Waals surface area contributed by atoms with Gasteiger partial charge in [-0.2, -0.15) is 0 Å². The van der Waals surface area contributed by atoms with Gasteiger partial charge in [-0.1, -0.05) is 12.2 Å². The van der Waals surface area contributed by atoms with E-state index in [2.05, 4.69) is 13.2 Å². The summed E-state index contributed by atoms with van der Waals surface area (Å²) in [5.74, 6) is 0. The topological polar surface area (TPSA) is 72.6 Å². The van der Waals surface area contributed by atoms with Gasteiger partial charge < -0.3 is 9.94 Å². The molecule has 0 heterocycles. The average Bonchev–Trinajstić information content (AvgIpc) is 1.88. The van der Waals surface area contributed by atoms with E-state index in [4.69, 9.17) is 20.1 Å². The molecule has 0 saturated heterocycles. The van der Waals surface area contributed by atoms with E-state index in [-0.39, 0.29) is 0 Å². The molecule has 0 radical (unpaired) electrons. The van der Waals surface area contributed by atoms with Crippen LogP contribution in [0.4, 0.5) is 0 Å². The second-order valence-corrected chi connectivity index (χ2v) is 1.35. The molecular weight excluding hydrogens is 150 g/mol. The zero-order chi connectivity index (χ0) is 9.11. The van der Waals surface area contributed by atoms with Crippen molar-refractivity contribution in [3.05, 3.63) is 35.4 Å². The summed E-state index contributed by atoms with van der Waals surface area (Å²) >= 11 is 0. The summed E-state index contributed by atoms with van der Waals surface area (Å²) in [7, 11) is 0. The van der Waals surface area contributed by atoms with Crippen LogP contribution in [0.2, 0.25) is 0 Å². The minimum absolute atomic E-state index is 0.617. The minimum atomic E-state index is -1.50. The van der Waals surface area contributed by atoms with Gasteiger partial charge in [0.2, 0.25) is 0 Å². The van der Waals surface area contributed by atoms with E-state index in [1.54, 1.807) is 12.2 Å². The van der Waals surface area contributed by atoms with Crippen LogP contribution >= 0.6 is 0 Å². The molecule has 5 nitrogen and oxygen atoms in total. The van der Waals surface area contributed by atoms with Gasteiger partial charge in [0.25, 0.3) is 5.09 Å². The molecule has 0 unspecified atom stereocenters. The summed E-state index contributed by atoms with van der Waals surface area (Å²) in [6, 6.07) is 0. The van der Waals surface area contributed by atoms with Crippen LogP contribution in [-0.4, -0.2) is 23.5 Å². The zero-order valence-corrected chi connectivity index (χ0v) is 6.10. The van der Waals surface area contributed by atoms with E-state index in [0.717, 1.165) is 0 Å². The van der Waals surface area contributed by atoms with Gasteiger partial charge in [-0.15, -0.1) is 23.3 Å². The Morgan fingerprint density at radius 1 is 1.45 bits per heavy atom. The van der Waals surface area contributed by atoms with Crippen molar-refractivity contribution in [1.82, 2.24) is 0 Å². The van der Waals surface area contributed by atoms with E-state index >= 15 is 0 Å². The molecule has 64 valence electrons. The summed E-state index contributed by atoms with van der Waals surface area (Å²) in [6.07, 6.45) is 3.42. The highest BCUT2D eigenvalue weighted by atomic mass is 16.9. The van der Waals surface area contributed by atoms with Crippen molar-refractivity contribution in [1.29, 1.82) is 0 Å². The molecular formula is C6H11NO4. The van der Waals surface area contributed by atoms with Gasteiger partial charge in [-0.25, -0.2) is 0 Å². The monoisotopic (exact) mass is 161 g/mol. The standard InChI is InChI=1S/C6H10O.HNO3/c1-3-5-7-6-4-2;2-1(3)4/h3-4H,1-2,5-6H2;(H,2,3,4). The molecule has 0 aromatic rings. The Labute approximate surface area is 64.7 Å². The first-order chi connectivity index (χ1) is 5.15. The van der Waals surface area contributed by atoms with Crippen LogP contribution < -0.4 is 0 Å². The predicted molar refractivity (Wildman–Crippen MR) is 40.0 cm³/mol. The molecule has 0 atom stereocenters. The summed E-state index contributed by atoms with van der Waals surface area (Å²) < 4.78 is 4.90. The van der Waals surface area contributed by atoms with E-state index in [1.165, 1.54) is 0 Å². The Morgan fingerprint density at radius 2 is 1.73 bits per heavy atom. The molecule has 0 aliphatic heterocycles. The van der Waals surface area contributed by atoms with Crippen LogP contribution in [0.15, 0.2) is 25.3 Å². The first-order valence-electron chi connectivity index (χ1n) is 2.78. The van der Waals surface area contributed by atoms with Crippen molar-refractivity contribution < 1.29 is 15.0 Å². The number of hydrogen-bond acceptors (Lipinski definition) is 3. The highest BCUT2D eigenvalue weighted by molar-refractivity contribution is 4.68. The molecule has 5 heteroatoms. The molecule has 0 aromatic carbocycles. The Hall–Kier alpha value is -1.36. The molecule has 0 aromatic heterocycles. The number of nitrogens with zero attached hydrogens (tertiary/aromatic N) is 1. The second-order valence-electron chi connectivity index (χ2n) is 1.35. The normalized spacial score (nSPS) is 7.27. The highest BCUT2D eigenvalue weighted by Gasteiger charge is 1.70. The lowest BCUT2D eigenvalue weighted by Crippen LogP contribution is -1.87. The zero-order valence-electron chi connectivity index (χ0n) is 6.10. The summed E-state index contributed by atoms with van der Waals surface area (Å²) in [6.45, 7) is 8.18. The molecule has 0 spiro atoms. The van der Waals surface area contributed by atoms with Crippen LogP contribution in [-0.2, 0) is 4.74 Å². The van der Waals surface area contributed by atoms with Gasteiger partial charge in [0.1, 0.15) is 0 Å². The van der Waals surface area contributed by atoms with Gasteiger partial charge in [0, 0.05) is 0 Å². The fourth-order valence-electron chi connectivity index (χ4n) is 0.235. The van der Waals surface area contributed by atoms with Gasteiger partial charge in [-0.05, 0) is 0 Å². The maximum atomic E-state index is 8.36. The lowest BCUT2D eigenvalue weighted by Gasteiger charge is -1.89. The third kappa shape index (κ3) is 54.7. The van der Waals surface area contributed by atoms with Crippen LogP contribution in [0.1, 0.15) is 0 Å². The lowest BCUT2D eigenvalue weighted by molar-refractivity contribution is -0.742. The molecule has 11 heavy (non-hydrogen) atoms. The van der Waals surface area contributed by atoms with Gasteiger partial charge in [0.15, 0.2) is 0 Å². The fraction of sp³-hybridized carbons (Fsp3) is 0.333. The van der Waals surface area contributed by atoms with Gasteiger partial charge in [-0.3, -0.25) is 0 Å². The van der Waals surface area contributed by atoms with Crippen molar-refractivity contribution >= 4 is 0 Å². The Kier molecular flexibility index (Phi) is 12.8. The average molecular weight is 161 g/mol. The van der Waals surface area contributed by atoms with Crippen molar-refractivity contribution in [2.24, 2.45) is 0 Å². The third-order valence-corrected chi connectivity index (χ3v) is 0.471. The van der Waals surface area contributed by atoms with E-state index in [9.17, 15) is 0 Å². The Morgan fingerprint density at radius 3 is 1.91 bits per heavy atom. The van der Waals surface area contributed by atoms with Crippen molar-refractivity contribution in [2.45, 2.75) is 0 Å². The number of ether oxygens (including phenoxy) is 1. The summed E-state index contributed by atoms with van der Waals surface area (Å²) in [4.78, 5) is 8.36. The maximum absolute atomic E-state index is 8.36. The SMILES string of the molecule is C=CCOCC=C.O=[N+]([O-])O. The minimum Gasteiger partial charge on any atom is -0.373 e. The van der Waals surface area contributed by atoms with Crippen LogP contribution in [0.25, 0.3) is 0 Å². The molecule has 0 fully saturated rings. The summed E-state index contributed by atoms with van der Waals surface area (Å²) in [5, 5.41) is 13.6. The Balaban J connectivity index is 0.